The van der Waals surface area contributed by atoms with Crippen LogP contribution in [0.5, 0.6) is 0 Å². The Bertz CT molecular complexity index is 1200. The van der Waals surface area contributed by atoms with Crippen LogP contribution in [0.1, 0.15) is 55.9 Å². The van der Waals surface area contributed by atoms with Crippen LogP contribution in [0.2, 0.25) is 0 Å². The number of likely N-dealkylation sites (N-methyl/N-ethyl adjacent to an activating group) is 1. The minimum atomic E-state index is -0.907. The molecule has 1 aliphatic rings. The van der Waals surface area contributed by atoms with E-state index in [9.17, 15) is 14.4 Å². The molecule has 6 nitrogen and oxygen atoms in total. The van der Waals surface area contributed by atoms with Gasteiger partial charge in [0.25, 0.3) is 0 Å². The van der Waals surface area contributed by atoms with E-state index in [-0.39, 0.29) is 23.7 Å². The zero-order valence-electron chi connectivity index (χ0n) is 22.9. The molecule has 0 radical (unpaired) electrons. The molecule has 2 N–H and O–H groups in total. The highest BCUT2D eigenvalue weighted by molar-refractivity contribution is 5.93. The van der Waals surface area contributed by atoms with Crippen LogP contribution in [0.15, 0.2) is 91.0 Å². The third-order valence-electron chi connectivity index (χ3n) is 7.48. The number of carbonyl (C=O) groups is 3. The molecule has 6 heteroatoms. The second-order valence-electron chi connectivity index (χ2n) is 10.8. The fourth-order valence-corrected chi connectivity index (χ4v) is 5.20. The average Bonchev–Trinajstić information content (AvgIpc) is 3.77. The van der Waals surface area contributed by atoms with Crippen LogP contribution in [0, 0.1) is 17.3 Å². The monoisotopic (exact) mass is 526 g/mol. The van der Waals surface area contributed by atoms with Gasteiger partial charge in [-0.15, -0.1) is 0 Å². The number of hydrogen-bond acceptors (Lipinski definition) is 4. The zero-order chi connectivity index (χ0) is 27.8. The van der Waals surface area contributed by atoms with Gasteiger partial charge in [-0.1, -0.05) is 105 Å². The summed E-state index contributed by atoms with van der Waals surface area (Å²) in [6.07, 6.45) is 1.47. The molecule has 0 aromatic heterocycles. The second-order valence-corrected chi connectivity index (χ2v) is 10.8. The number of esters is 1. The number of carbonyl (C=O) groups excluding carboxylic acids is 3. The molecule has 39 heavy (non-hydrogen) atoms. The normalized spacial score (nSPS) is 15.3. The van der Waals surface area contributed by atoms with E-state index in [2.05, 4.69) is 10.6 Å². The topological polar surface area (TPSA) is 84.5 Å². The maximum absolute atomic E-state index is 13.9. The quantitative estimate of drug-likeness (QED) is 0.316. The maximum atomic E-state index is 13.9. The van der Waals surface area contributed by atoms with Gasteiger partial charge in [-0.3, -0.25) is 14.4 Å². The van der Waals surface area contributed by atoms with Gasteiger partial charge in [0.05, 0.1) is 11.3 Å². The van der Waals surface area contributed by atoms with Gasteiger partial charge < -0.3 is 15.4 Å². The van der Waals surface area contributed by atoms with Crippen molar-refractivity contribution in [2.75, 3.05) is 7.05 Å². The van der Waals surface area contributed by atoms with Crippen LogP contribution in [0.3, 0.4) is 0 Å². The molecule has 0 spiro atoms. The molecule has 1 fully saturated rings. The highest BCUT2D eigenvalue weighted by Gasteiger charge is 2.60. The summed E-state index contributed by atoms with van der Waals surface area (Å²) in [7, 11) is 1.56. The summed E-state index contributed by atoms with van der Waals surface area (Å²) < 4.78 is 6.23. The van der Waals surface area contributed by atoms with Gasteiger partial charge in [0, 0.05) is 13.5 Å². The molecular formula is C33H38N2O4. The van der Waals surface area contributed by atoms with Crippen LogP contribution < -0.4 is 10.6 Å². The minimum absolute atomic E-state index is 0.178. The highest BCUT2D eigenvalue weighted by atomic mass is 16.5. The molecule has 0 saturated heterocycles. The Labute approximate surface area is 231 Å². The lowest BCUT2D eigenvalue weighted by Gasteiger charge is -2.30. The molecule has 2 atom stereocenters. The first-order valence-corrected chi connectivity index (χ1v) is 13.7. The molecule has 0 unspecified atom stereocenters. The molecule has 4 rings (SSSR count). The standard InChI is InChI=1S/C33H38N2O4/c1-23(2)21-27(30(36)35-28(31(37)34-3)22-24-13-7-4-8-14-24)33(19-20-33)32(38)39-29(25-15-9-5-10-16-25)26-17-11-6-12-18-26/h4-18,23,27-29H,19-22H2,1-3H3,(H,34,37)(H,35,36)/t27-,28-/m0/s1. The van der Waals surface area contributed by atoms with Crippen LogP contribution in [0.25, 0.3) is 0 Å². The number of rotatable bonds is 12. The summed E-state index contributed by atoms with van der Waals surface area (Å²) in [5, 5.41) is 5.65. The van der Waals surface area contributed by atoms with Gasteiger partial charge in [-0.25, -0.2) is 0 Å². The fourth-order valence-electron chi connectivity index (χ4n) is 5.20. The predicted molar refractivity (Wildman–Crippen MR) is 152 cm³/mol. The van der Waals surface area contributed by atoms with E-state index in [0.29, 0.717) is 25.7 Å². The van der Waals surface area contributed by atoms with Crippen molar-refractivity contribution < 1.29 is 19.1 Å². The van der Waals surface area contributed by atoms with Crippen molar-refractivity contribution in [1.82, 2.24) is 10.6 Å². The molecule has 2 amide bonds. The van der Waals surface area contributed by atoms with Gasteiger partial charge in [-0.05, 0) is 41.9 Å². The van der Waals surface area contributed by atoms with Gasteiger partial charge in [0.1, 0.15) is 6.04 Å². The molecule has 204 valence electrons. The summed E-state index contributed by atoms with van der Waals surface area (Å²) in [4.78, 5) is 40.5. The molecule has 0 aliphatic heterocycles. The first-order valence-electron chi connectivity index (χ1n) is 13.7. The summed E-state index contributed by atoms with van der Waals surface area (Å²) in [5.74, 6) is -1.33. The zero-order valence-corrected chi connectivity index (χ0v) is 22.9. The Morgan fingerprint density at radius 2 is 1.31 bits per heavy atom. The van der Waals surface area contributed by atoms with Crippen LogP contribution in [-0.2, 0) is 25.5 Å². The summed E-state index contributed by atoms with van der Waals surface area (Å²) in [6.45, 7) is 4.08. The van der Waals surface area contributed by atoms with E-state index in [4.69, 9.17) is 4.74 Å². The van der Waals surface area contributed by atoms with E-state index in [0.717, 1.165) is 16.7 Å². The Morgan fingerprint density at radius 3 is 1.77 bits per heavy atom. The smallest absolute Gasteiger partial charge is 0.313 e. The van der Waals surface area contributed by atoms with Gasteiger partial charge in [0.15, 0.2) is 6.10 Å². The maximum Gasteiger partial charge on any atom is 0.313 e. The van der Waals surface area contributed by atoms with Crippen molar-refractivity contribution in [3.8, 4) is 0 Å². The van der Waals surface area contributed by atoms with E-state index < -0.39 is 23.5 Å². The van der Waals surface area contributed by atoms with Gasteiger partial charge >= 0.3 is 5.97 Å². The lowest BCUT2D eigenvalue weighted by atomic mass is 9.81. The minimum Gasteiger partial charge on any atom is -0.452 e. The Balaban J connectivity index is 1.58. The Kier molecular flexibility index (Phi) is 9.18. The molecule has 3 aromatic carbocycles. The van der Waals surface area contributed by atoms with Crippen molar-refractivity contribution in [3.63, 3.8) is 0 Å². The molecule has 3 aromatic rings. The number of nitrogens with one attached hydrogen (secondary N) is 2. The fraction of sp³-hybridized carbons (Fsp3) is 0.364. The first-order chi connectivity index (χ1) is 18.8. The SMILES string of the molecule is CNC(=O)[C@H](Cc1ccccc1)NC(=O)[C@H](CC(C)C)C1(C(=O)OC(c2ccccc2)c2ccccc2)CC1. The summed E-state index contributed by atoms with van der Waals surface area (Å²) in [6, 6.07) is 28.2. The molecule has 1 aliphatic carbocycles. The molecule has 0 bridgehead atoms. The van der Waals surface area contributed by atoms with Gasteiger partial charge in [-0.2, -0.15) is 0 Å². The summed E-state index contributed by atoms with van der Waals surface area (Å²) in [5.41, 5.74) is 1.79. The van der Waals surface area contributed by atoms with Crippen molar-refractivity contribution >= 4 is 17.8 Å². The number of amides is 2. The van der Waals surface area contributed by atoms with Gasteiger partial charge in [0.2, 0.25) is 11.8 Å². The highest BCUT2D eigenvalue weighted by Crippen LogP contribution is 2.56. The first kappa shape index (κ1) is 28.1. The van der Waals surface area contributed by atoms with Crippen molar-refractivity contribution in [1.29, 1.82) is 0 Å². The number of ether oxygens (including phenoxy) is 1. The van der Waals surface area contributed by atoms with E-state index in [1.54, 1.807) is 7.05 Å². The number of hydrogen-bond donors (Lipinski definition) is 2. The van der Waals surface area contributed by atoms with Crippen LogP contribution in [-0.4, -0.2) is 30.9 Å². The Morgan fingerprint density at radius 1 is 0.795 bits per heavy atom. The van der Waals surface area contributed by atoms with Crippen molar-refractivity contribution in [2.45, 2.75) is 51.7 Å². The lowest BCUT2D eigenvalue weighted by Crippen LogP contribution is -2.51. The van der Waals surface area contributed by atoms with Crippen LogP contribution in [0.4, 0.5) is 0 Å². The third-order valence-corrected chi connectivity index (χ3v) is 7.48. The molecular weight excluding hydrogens is 488 g/mol. The summed E-state index contributed by atoms with van der Waals surface area (Å²) >= 11 is 0. The Hall–Kier alpha value is -3.93. The van der Waals surface area contributed by atoms with Crippen molar-refractivity contribution in [2.24, 2.45) is 17.3 Å². The average molecular weight is 527 g/mol. The molecule has 1 saturated carbocycles. The van der Waals surface area contributed by atoms with E-state index in [1.807, 2.05) is 105 Å². The third kappa shape index (κ3) is 6.94. The lowest BCUT2D eigenvalue weighted by molar-refractivity contribution is -0.159. The number of benzene rings is 3. The van der Waals surface area contributed by atoms with E-state index in [1.165, 1.54) is 0 Å². The van der Waals surface area contributed by atoms with E-state index >= 15 is 0 Å². The van der Waals surface area contributed by atoms with Crippen LogP contribution >= 0.6 is 0 Å². The molecule has 0 heterocycles. The predicted octanol–water partition coefficient (Wildman–Crippen LogP) is 5.24. The van der Waals surface area contributed by atoms with Crippen molar-refractivity contribution in [3.05, 3.63) is 108 Å². The largest absolute Gasteiger partial charge is 0.452 e. The second kappa shape index (κ2) is 12.7.